The monoisotopic (exact) mass is 819 g/mol. The Bertz CT molecular complexity index is 2240. The van der Waals surface area contributed by atoms with Gasteiger partial charge in [-0.15, -0.1) is 0 Å². The van der Waals surface area contributed by atoms with Gasteiger partial charge in [-0.25, -0.2) is 22.6 Å². The third-order valence-electron chi connectivity index (χ3n) is 14.6. The van der Waals surface area contributed by atoms with E-state index >= 15 is 9.18 Å². The van der Waals surface area contributed by atoms with Gasteiger partial charge in [0.25, 0.3) is 5.91 Å². The van der Waals surface area contributed by atoms with Crippen LogP contribution < -0.4 is 14.8 Å². The summed E-state index contributed by atoms with van der Waals surface area (Å²) in [5.41, 5.74) is -1.52. The van der Waals surface area contributed by atoms with Gasteiger partial charge in [-0.1, -0.05) is 51.0 Å². The predicted molar refractivity (Wildman–Crippen MR) is 212 cm³/mol. The van der Waals surface area contributed by atoms with Crippen LogP contribution in [0.15, 0.2) is 30.4 Å². The lowest BCUT2D eigenvalue weighted by atomic mass is 9.86. The number of amides is 4. The molecule has 58 heavy (non-hydrogen) atoms. The number of rotatable bonds is 7. The zero-order chi connectivity index (χ0) is 41.0. The summed E-state index contributed by atoms with van der Waals surface area (Å²) in [5.74, 6) is -2.17. The van der Waals surface area contributed by atoms with E-state index in [4.69, 9.17) is 9.72 Å². The second-order valence-corrected chi connectivity index (χ2v) is 21.0. The fourth-order valence-electron chi connectivity index (χ4n) is 10.1. The maximum atomic E-state index is 15.3. The number of aromatic nitrogens is 1. The number of halogens is 1. The van der Waals surface area contributed by atoms with Crippen LogP contribution in [0.5, 0.6) is 5.75 Å². The van der Waals surface area contributed by atoms with E-state index in [0.717, 1.165) is 31.2 Å². The molecular formula is C43H54FN5O8S. The molecule has 0 unspecified atom stereocenters. The van der Waals surface area contributed by atoms with Crippen molar-refractivity contribution in [2.75, 3.05) is 6.54 Å². The molecule has 312 valence electrons. The minimum absolute atomic E-state index is 0.0114. The lowest BCUT2D eigenvalue weighted by Gasteiger charge is -2.41. The maximum absolute atomic E-state index is 15.3. The number of carbonyl (C=O) groups is 4. The quantitative estimate of drug-likeness (QED) is 0.290. The second kappa shape index (κ2) is 13.6. The molecule has 1 aromatic carbocycles. The van der Waals surface area contributed by atoms with E-state index in [9.17, 15) is 27.9 Å². The van der Waals surface area contributed by atoms with Crippen LogP contribution in [-0.4, -0.2) is 92.2 Å². The lowest BCUT2D eigenvalue weighted by Crippen LogP contribution is -2.61. The van der Waals surface area contributed by atoms with Gasteiger partial charge < -0.3 is 20.1 Å². The van der Waals surface area contributed by atoms with E-state index in [1.807, 2.05) is 32.1 Å². The first-order chi connectivity index (χ1) is 27.5. The van der Waals surface area contributed by atoms with E-state index in [0.29, 0.717) is 73.7 Å². The highest BCUT2D eigenvalue weighted by molar-refractivity contribution is 7.91. The number of ether oxygens (including phenoxy) is 1. The van der Waals surface area contributed by atoms with Crippen molar-refractivity contribution in [3.63, 3.8) is 0 Å². The molecular weight excluding hydrogens is 766 g/mol. The van der Waals surface area contributed by atoms with Gasteiger partial charge in [-0.2, -0.15) is 0 Å². The third kappa shape index (κ3) is 6.44. The number of nitrogens with zero attached hydrogens (tertiary/aromatic N) is 3. The van der Waals surface area contributed by atoms with Crippen LogP contribution >= 0.6 is 0 Å². The average molecular weight is 820 g/mol. The molecule has 0 bridgehead atoms. The predicted octanol–water partition coefficient (Wildman–Crippen LogP) is 5.85. The van der Waals surface area contributed by atoms with E-state index in [-0.39, 0.29) is 37.6 Å². The SMILES string of the molecule is CC(C)C1(N(C(=O)O)[C@H]2CCCCC/C=C\[C@@H]3C[C@@]3(C(=O)NS(=O)(=O)C3(C)CC3)NC(=O)[C@@H]3C[C@]4(CCc5c(c(C6CC6)nc6c(F)cccc56)O4)CN3C2=O)CC1. The zero-order valence-electron chi connectivity index (χ0n) is 33.5. The van der Waals surface area contributed by atoms with Crippen molar-refractivity contribution < 1.29 is 41.8 Å². The summed E-state index contributed by atoms with van der Waals surface area (Å²) in [6.45, 7) is 5.53. The normalized spacial score (nSPS) is 31.8. The number of pyridine rings is 1. The number of hydrogen-bond donors (Lipinski definition) is 3. The van der Waals surface area contributed by atoms with Crippen LogP contribution in [0.25, 0.3) is 10.9 Å². The topological polar surface area (TPSA) is 175 Å². The summed E-state index contributed by atoms with van der Waals surface area (Å²) in [6.07, 6.45) is 10.7. The molecule has 1 spiro atoms. The Morgan fingerprint density at radius 3 is 2.50 bits per heavy atom. The molecule has 4 amide bonds. The molecule has 2 aromatic rings. The van der Waals surface area contributed by atoms with Crippen LogP contribution in [0.4, 0.5) is 9.18 Å². The number of aryl methyl sites for hydroxylation is 1. The Labute approximate surface area is 338 Å². The maximum Gasteiger partial charge on any atom is 0.408 e. The average Bonchev–Trinajstić information content (AvgIpc) is 3.98. The second-order valence-electron chi connectivity index (χ2n) is 18.8. The highest BCUT2D eigenvalue weighted by atomic mass is 32.2. The number of allylic oxidation sites excluding steroid dienone is 1. The minimum atomic E-state index is -4.02. The number of carbonyl (C=O) groups excluding carboxylic acids is 3. The van der Waals surface area contributed by atoms with Gasteiger partial charge in [0.05, 0.1) is 17.0 Å². The van der Waals surface area contributed by atoms with Gasteiger partial charge >= 0.3 is 6.09 Å². The molecule has 3 aliphatic heterocycles. The van der Waals surface area contributed by atoms with E-state index in [1.165, 1.54) is 15.9 Å². The summed E-state index contributed by atoms with van der Waals surface area (Å²) in [5, 5.41) is 14.4. The molecule has 9 rings (SSSR count). The number of sulfonamides is 1. The molecule has 3 N–H and O–H groups in total. The molecule has 1 aromatic heterocycles. The Hall–Kier alpha value is -4.27. The molecule has 4 heterocycles. The summed E-state index contributed by atoms with van der Waals surface area (Å²) in [7, 11) is -4.02. The Kier molecular flexibility index (Phi) is 9.22. The summed E-state index contributed by atoms with van der Waals surface area (Å²) in [4.78, 5) is 65.1. The van der Waals surface area contributed by atoms with Crippen molar-refractivity contribution in [3.05, 3.63) is 47.4 Å². The zero-order valence-corrected chi connectivity index (χ0v) is 34.3. The van der Waals surface area contributed by atoms with Gasteiger partial charge in [0.15, 0.2) is 0 Å². The number of para-hydroxylation sites is 1. The van der Waals surface area contributed by atoms with Gasteiger partial charge in [0.1, 0.15) is 40.3 Å². The van der Waals surface area contributed by atoms with Crippen LogP contribution in [-0.2, 0) is 30.8 Å². The molecule has 13 nitrogen and oxygen atoms in total. The van der Waals surface area contributed by atoms with Gasteiger partial charge in [0, 0.05) is 34.7 Å². The minimum Gasteiger partial charge on any atom is -0.483 e. The molecule has 15 heteroatoms. The van der Waals surface area contributed by atoms with Gasteiger partial charge in [-0.3, -0.25) is 24.0 Å². The van der Waals surface area contributed by atoms with Crippen molar-refractivity contribution in [2.45, 2.75) is 157 Å². The van der Waals surface area contributed by atoms with Crippen molar-refractivity contribution in [2.24, 2.45) is 11.8 Å². The number of fused-ring (bicyclic) bond motifs is 5. The highest BCUT2D eigenvalue weighted by Gasteiger charge is 2.64. The molecule has 4 saturated carbocycles. The fraction of sp³-hybridized carbons (Fsp3) is 0.651. The van der Waals surface area contributed by atoms with E-state index in [2.05, 4.69) is 10.0 Å². The van der Waals surface area contributed by atoms with Crippen molar-refractivity contribution >= 4 is 44.7 Å². The van der Waals surface area contributed by atoms with Gasteiger partial charge in [0.2, 0.25) is 21.8 Å². The lowest BCUT2D eigenvalue weighted by molar-refractivity contribution is -0.144. The first-order valence-corrected chi connectivity index (χ1v) is 22.7. The number of benzene rings is 1. The van der Waals surface area contributed by atoms with Crippen LogP contribution in [0.1, 0.15) is 128 Å². The van der Waals surface area contributed by atoms with Crippen LogP contribution in [0.3, 0.4) is 0 Å². The first-order valence-electron chi connectivity index (χ1n) is 21.2. The number of nitrogens with one attached hydrogen (secondary N) is 2. The first kappa shape index (κ1) is 39.2. The standard InChI is InChI=1S/C43H54FN5O8S/c1-25(2)42(20-21-42)49(39(53)54)31-13-8-6-4-5-7-10-27-22-43(27,38(52)47-58(55,56)40(3)18-19-40)46-36(50)32-23-41(24-48(32)37(31)51)17-16-29-28-11-9-12-30(44)34(28)45-33(26-14-15-26)35(29)57-41/h7,9-12,25-27,31-32H,4-6,8,13-24H2,1-3H3,(H,46,50)(H,47,52)(H,53,54)/b10-7-/t27-,31+,32+,41-,43-/m1/s1. The smallest absolute Gasteiger partial charge is 0.408 e. The fourth-order valence-corrected chi connectivity index (χ4v) is 11.4. The largest absolute Gasteiger partial charge is 0.483 e. The molecule has 5 atom stereocenters. The van der Waals surface area contributed by atoms with Gasteiger partial charge in [-0.05, 0) is 96.0 Å². The van der Waals surface area contributed by atoms with Crippen molar-refractivity contribution in [1.82, 2.24) is 24.8 Å². The summed E-state index contributed by atoms with van der Waals surface area (Å²) < 4.78 is 50.0. The van der Waals surface area contributed by atoms with E-state index in [1.54, 1.807) is 13.0 Å². The highest BCUT2D eigenvalue weighted by Crippen LogP contribution is 2.53. The molecule has 4 aliphatic carbocycles. The summed E-state index contributed by atoms with van der Waals surface area (Å²) >= 11 is 0. The van der Waals surface area contributed by atoms with E-state index < -0.39 is 79.1 Å². The Morgan fingerprint density at radius 2 is 1.83 bits per heavy atom. The molecule has 0 radical (unpaired) electrons. The number of hydrogen-bond acceptors (Lipinski definition) is 8. The van der Waals surface area contributed by atoms with Crippen LogP contribution in [0, 0.1) is 17.7 Å². The molecule has 7 aliphatic rings. The van der Waals surface area contributed by atoms with Crippen LogP contribution in [0.2, 0.25) is 0 Å². The Balaban J connectivity index is 1.11. The van der Waals surface area contributed by atoms with Crippen molar-refractivity contribution in [1.29, 1.82) is 0 Å². The molecule has 1 saturated heterocycles. The third-order valence-corrected chi connectivity index (χ3v) is 16.7. The Morgan fingerprint density at radius 1 is 1.07 bits per heavy atom. The summed E-state index contributed by atoms with van der Waals surface area (Å²) in [6, 6.07) is 2.66. The molecule has 5 fully saturated rings. The number of carboxylic acid groups (broad SMARTS) is 1. The van der Waals surface area contributed by atoms with Crippen molar-refractivity contribution in [3.8, 4) is 5.75 Å².